The zero-order chi connectivity index (χ0) is 53.1. The van der Waals surface area contributed by atoms with E-state index in [1.807, 2.05) is 0 Å². The Hall–Kier alpha value is -7.33. The number of hydrogen-bond donors (Lipinski definition) is 16. The number of amides is 9. The van der Waals surface area contributed by atoms with Crippen molar-refractivity contribution < 1.29 is 68.1 Å². The van der Waals surface area contributed by atoms with Crippen molar-refractivity contribution in [2.24, 2.45) is 50.5 Å². The average molecular weight is 986 g/mol. The highest BCUT2D eigenvalue weighted by Crippen LogP contribution is 2.10. The second-order valence-corrected chi connectivity index (χ2v) is 16.8. The summed E-state index contributed by atoms with van der Waals surface area (Å²) < 4.78 is 0. The number of nitrogens with two attached hydrogens (primary N) is 5. The van der Waals surface area contributed by atoms with Gasteiger partial charge in [0.15, 0.2) is 11.9 Å². The van der Waals surface area contributed by atoms with E-state index in [0.29, 0.717) is 0 Å². The molecule has 0 aliphatic rings. The summed E-state index contributed by atoms with van der Waals surface area (Å²) in [7, 11) is 0. The minimum absolute atomic E-state index is 0.0181. The van der Waals surface area contributed by atoms with Gasteiger partial charge in [0.25, 0.3) is 0 Å². The monoisotopic (exact) mass is 986 g/mol. The Labute approximate surface area is 398 Å². The molecular weight excluding hydrogens is 915 g/mol. The highest BCUT2D eigenvalue weighted by molar-refractivity contribution is 5.99. The summed E-state index contributed by atoms with van der Waals surface area (Å²) in [5, 5.41) is 48.1. The fourth-order valence-electron chi connectivity index (χ4n) is 6.25. The maximum absolute atomic E-state index is 13.7. The lowest BCUT2D eigenvalue weighted by molar-refractivity contribution is -0.142. The number of aliphatic imine (C=N–C) groups is 2. The zero-order valence-corrected chi connectivity index (χ0v) is 39.7. The van der Waals surface area contributed by atoms with Gasteiger partial charge in [-0.15, -0.1) is 0 Å². The van der Waals surface area contributed by atoms with Gasteiger partial charge in [0.05, 0.1) is 25.5 Å². The lowest BCUT2D eigenvalue weighted by Crippen LogP contribution is -2.61. The smallest absolute Gasteiger partial charge is 0.305 e. The van der Waals surface area contributed by atoms with Crippen LogP contribution in [0.4, 0.5) is 0 Å². The molecular formula is C40H71N15O14. The van der Waals surface area contributed by atoms with Gasteiger partial charge in [-0.1, -0.05) is 27.7 Å². The van der Waals surface area contributed by atoms with Crippen LogP contribution in [0.5, 0.6) is 0 Å². The van der Waals surface area contributed by atoms with Gasteiger partial charge in [-0.05, 0) is 57.3 Å². The van der Waals surface area contributed by atoms with Crippen molar-refractivity contribution in [3.05, 3.63) is 0 Å². The van der Waals surface area contributed by atoms with E-state index in [2.05, 4.69) is 52.5 Å². The first kappa shape index (κ1) is 61.7. The van der Waals surface area contributed by atoms with E-state index in [4.69, 9.17) is 28.7 Å². The van der Waals surface area contributed by atoms with Crippen LogP contribution in [0.25, 0.3) is 0 Å². The van der Waals surface area contributed by atoms with Crippen molar-refractivity contribution in [3.8, 4) is 0 Å². The van der Waals surface area contributed by atoms with Gasteiger partial charge in [0, 0.05) is 20.0 Å². The first-order valence-electron chi connectivity index (χ1n) is 21.9. The second kappa shape index (κ2) is 31.6. The zero-order valence-electron chi connectivity index (χ0n) is 39.7. The third-order valence-corrected chi connectivity index (χ3v) is 9.45. The highest BCUT2D eigenvalue weighted by atomic mass is 16.4. The molecule has 0 spiro atoms. The molecule has 0 saturated carbocycles. The minimum atomic E-state index is -1.95. The normalized spacial score (nSPS) is 14.3. The molecule has 0 rings (SSSR count). The van der Waals surface area contributed by atoms with Gasteiger partial charge >= 0.3 is 11.9 Å². The molecule has 390 valence electrons. The van der Waals surface area contributed by atoms with Crippen LogP contribution in [0.1, 0.15) is 92.9 Å². The summed E-state index contributed by atoms with van der Waals surface area (Å²) in [6, 6.07) is -10.8. The number of nitrogens with one attached hydrogen (secondary N) is 8. The summed E-state index contributed by atoms with van der Waals surface area (Å²) in [5.41, 5.74) is 26.7. The third kappa shape index (κ3) is 27.2. The van der Waals surface area contributed by atoms with E-state index >= 15 is 0 Å². The van der Waals surface area contributed by atoms with Crippen LogP contribution >= 0.6 is 0 Å². The number of aliphatic hydroxyl groups excluding tert-OH is 1. The topological polar surface area (TPSA) is 500 Å². The fourth-order valence-corrected chi connectivity index (χ4v) is 6.25. The molecule has 0 radical (unpaired) electrons. The van der Waals surface area contributed by atoms with E-state index in [1.165, 1.54) is 0 Å². The Morgan fingerprint density at radius 1 is 0.493 bits per heavy atom. The van der Waals surface area contributed by atoms with Crippen molar-refractivity contribution >= 4 is 77.0 Å². The summed E-state index contributed by atoms with van der Waals surface area (Å²) >= 11 is 0. The number of carbonyl (C=O) groups excluding carboxylic acids is 9. The minimum Gasteiger partial charge on any atom is -0.481 e. The van der Waals surface area contributed by atoms with Crippen LogP contribution < -0.4 is 71.2 Å². The van der Waals surface area contributed by atoms with Crippen LogP contribution in [-0.4, -0.2) is 160 Å². The van der Waals surface area contributed by atoms with Crippen molar-refractivity contribution in [1.82, 2.24) is 42.5 Å². The van der Waals surface area contributed by atoms with Crippen molar-refractivity contribution in [1.29, 1.82) is 0 Å². The molecule has 0 unspecified atom stereocenters. The number of primary amides is 1. The Kier molecular flexibility index (Phi) is 28.2. The molecule has 0 aromatic heterocycles. The van der Waals surface area contributed by atoms with E-state index in [-0.39, 0.29) is 75.4 Å². The molecule has 8 atom stereocenters. The quantitative estimate of drug-likeness (QED) is 0.0165. The van der Waals surface area contributed by atoms with E-state index in [9.17, 15) is 68.1 Å². The maximum Gasteiger partial charge on any atom is 0.305 e. The summed E-state index contributed by atoms with van der Waals surface area (Å²) in [4.78, 5) is 149. The number of nitrogens with zero attached hydrogens (tertiary/aromatic N) is 2. The van der Waals surface area contributed by atoms with Crippen LogP contribution in [-0.2, 0) is 52.7 Å². The van der Waals surface area contributed by atoms with Gasteiger partial charge in [0.1, 0.15) is 42.3 Å². The molecule has 0 fully saturated rings. The van der Waals surface area contributed by atoms with Crippen molar-refractivity contribution in [3.63, 3.8) is 0 Å². The molecule has 0 aliphatic heterocycles. The molecule has 0 saturated heterocycles. The van der Waals surface area contributed by atoms with Gasteiger partial charge in [-0.3, -0.25) is 62.7 Å². The largest absolute Gasteiger partial charge is 0.481 e. The number of carboxylic acids is 2. The molecule has 69 heavy (non-hydrogen) atoms. The average Bonchev–Trinajstić information content (AvgIpc) is 3.21. The van der Waals surface area contributed by atoms with E-state index < -0.39 is 133 Å². The molecule has 0 heterocycles. The summed E-state index contributed by atoms with van der Waals surface area (Å²) in [5.74, 6) is -13.0. The Morgan fingerprint density at radius 3 is 1.30 bits per heavy atom. The fraction of sp³-hybridized carbons (Fsp3) is 0.675. The van der Waals surface area contributed by atoms with Crippen LogP contribution in [0, 0.1) is 11.8 Å². The maximum atomic E-state index is 13.7. The van der Waals surface area contributed by atoms with Crippen molar-refractivity contribution in [2.45, 2.75) is 141 Å². The second-order valence-electron chi connectivity index (χ2n) is 16.8. The number of hydrogen-bond acceptors (Lipinski definition) is 14. The molecule has 0 aliphatic carbocycles. The predicted octanol–water partition coefficient (Wildman–Crippen LogP) is -6.47. The Bertz CT molecular complexity index is 1870. The molecule has 0 aromatic carbocycles. The molecule has 29 nitrogen and oxygen atoms in total. The van der Waals surface area contributed by atoms with Crippen molar-refractivity contribution in [2.75, 3.05) is 19.6 Å². The predicted molar refractivity (Wildman–Crippen MR) is 246 cm³/mol. The number of carbonyl (C=O) groups is 11. The number of aliphatic carboxylic acids is 2. The van der Waals surface area contributed by atoms with Gasteiger partial charge < -0.3 is 86.5 Å². The Morgan fingerprint density at radius 2 is 0.884 bits per heavy atom. The van der Waals surface area contributed by atoms with Crippen LogP contribution in [0.15, 0.2) is 9.98 Å². The third-order valence-electron chi connectivity index (χ3n) is 9.45. The Balaban J connectivity index is 6.18. The number of guanidine groups is 2. The summed E-state index contributed by atoms with van der Waals surface area (Å²) in [6.45, 7) is 8.38. The lowest BCUT2D eigenvalue weighted by Gasteiger charge is -2.28. The summed E-state index contributed by atoms with van der Waals surface area (Å²) in [6.07, 6.45) is -3.35. The highest BCUT2D eigenvalue weighted by Gasteiger charge is 2.36. The molecule has 21 N–H and O–H groups in total. The molecule has 9 amide bonds. The molecule has 0 aromatic rings. The van der Waals surface area contributed by atoms with Crippen LogP contribution in [0.2, 0.25) is 0 Å². The number of aliphatic hydroxyl groups is 1. The SMILES string of the molecule is CC(=O)N[C@@H](CCCN=C(N)N)C(=O)N[C@H](C(=O)N[C@@H](CC(=O)O)C(=O)N[C@@H](CC(C)C)C(=O)N[C@@H](CC(=O)O)C(=O)NCC(=O)N[C@@H](CC(C)C)C(=O)N[C@@H](CCCN=C(N)N)C(N)=O)[C@@H](C)O. The number of rotatable bonds is 33. The lowest BCUT2D eigenvalue weighted by atomic mass is 10.0. The van der Waals surface area contributed by atoms with Gasteiger partial charge in [0.2, 0.25) is 53.2 Å². The molecule has 0 bridgehead atoms. The van der Waals surface area contributed by atoms with E-state index in [1.54, 1.807) is 27.7 Å². The van der Waals surface area contributed by atoms with E-state index in [0.717, 1.165) is 13.8 Å². The number of carboxylic acid groups (broad SMARTS) is 2. The standard InChI is InChI=1S/C40H71N15O14/c1-18(2)13-24(35(66)51-22(32(41)63)9-7-11-46-39(42)43)50-28(58)17-48-33(64)26(15-29(59)60)53-36(67)25(14-19(3)4)52-37(68)27(16-30(61)62)54-38(69)31(20(5)56)55-34(65)23(49-21(6)57)10-8-12-47-40(44)45/h18-20,22-27,31,56H,7-17H2,1-6H3,(H2,41,63)(H,48,64)(H,49,57)(H,50,58)(H,51,66)(H,52,68)(H,53,67)(H,54,69)(H,55,65)(H,59,60)(H,61,62)(H4,42,43,46)(H4,44,45,47)/t20-,22+,23+,24+,25+,26+,27+,31+/m1/s1. The first-order valence-corrected chi connectivity index (χ1v) is 21.9. The molecule has 29 heteroatoms. The first-order chi connectivity index (χ1) is 32.0. The van der Waals surface area contributed by atoms with Crippen LogP contribution in [0.3, 0.4) is 0 Å². The van der Waals surface area contributed by atoms with Gasteiger partial charge in [-0.25, -0.2) is 0 Å². The van der Waals surface area contributed by atoms with Gasteiger partial charge in [-0.2, -0.15) is 0 Å².